The summed E-state index contributed by atoms with van der Waals surface area (Å²) in [5.74, 6) is -0.636. The second-order valence-corrected chi connectivity index (χ2v) is 6.76. The largest absolute Gasteiger partial charge is 0.340 e. The number of benzene rings is 2. The molecule has 1 heterocycles. The molecule has 1 saturated heterocycles. The van der Waals surface area contributed by atoms with E-state index in [0.29, 0.717) is 12.2 Å². The quantitative estimate of drug-likeness (QED) is 0.766. The van der Waals surface area contributed by atoms with E-state index in [-0.39, 0.29) is 18.4 Å². The van der Waals surface area contributed by atoms with Gasteiger partial charge in [-0.3, -0.25) is 19.4 Å². The van der Waals surface area contributed by atoms with Crippen LogP contribution in [0.2, 0.25) is 0 Å². The van der Waals surface area contributed by atoms with E-state index in [2.05, 4.69) is 0 Å². The van der Waals surface area contributed by atoms with Crippen molar-refractivity contribution in [2.75, 3.05) is 18.5 Å². The Morgan fingerprint density at radius 2 is 1.67 bits per heavy atom. The van der Waals surface area contributed by atoms with Crippen LogP contribution < -0.4 is 4.90 Å². The van der Waals surface area contributed by atoms with Crippen LogP contribution in [-0.2, 0) is 16.1 Å². The second-order valence-electron chi connectivity index (χ2n) is 6.76. The predicted molar refractivity (Wildman–Crippen MR) is 103 cm³/mol. The predicted octanol–water partition coefficient (Wildman–Crippen LogP) is 2.81. The zero-order valence-corrected chi connectivity index (χ0v) is 15.8. The number of likely N-dealkylation sites (N-methyl/N-ethyl adjacent to an activating group) is 1. The molecule has 1 aliphatic heterocycles. The third-order valence-electron chi connectivity index (χ3n) is 4.87. The molecule has 0 bridgehead atoms. The first-order chi connectivity index (χ1) is 12.9. The number of carbonyl (C=O) groups is 3. The third-order valence-corrected chi connectivity index (χ3v) is 4.87. The summed E-state index contributed by atoms with van der Waals surface area (Å²) in [7, 11) is 1.68. The molecule has 2 aromatic rings. The molecule has 6 heteroatoms. The van der Waals surface area contributed by atoms with E-state index in [1.165, 1.54) is 4.90 Å². The molecule has 1 fully saturated rings. The third kappa shape index (κ3) is 3.69. The molecule has 0 N–H and O–H groups in total. The highest BCUT2D eigenvalue weighted by molar-refractivity contribution is 6.15. The van der Waals surface area contributed by atoms with Gasteiger partial charge in [0.2, 0.25) is 5.91 Å². The Morgan fingerprint density at radius 1 is 1.04 bits per heavy atom. The Hall–Kier alpha value is -3.15. The summed E-state index contributed by atoms with van der Waals surface area (Å²) < 4.78 is 0. The topological polar surface area (TPSA) is 60.9 Å². The van der Waals surface area contributed by atoms with Crippen LogP contribution in [0.3, 0.4) is 0 Å². The standard InChI is InChI=1S/C21H23N3O3/c1-15-9-7-8-10-17(15)13-22(3)19(25)14-23-20(26)16(2)24(21(23)27)18-11-5-4-6-12-18/h4-12,16H,13-14H2,1-3H3/t16-/m1/s1. The molecular weight excluding hydrogens is 342 g/mol. The van der Waals surface area contributed by atoms with E-state index in [9.17, 15) is 14.4 Å². The molecule has 6 nitrogen and oxygen atoms in total. The summed E-state index contributed by atoms with van der Waals surface area (Å²) in [6.07, 6.45) is 0. The molecule has 4 amide bonds. The van der Waals surface area contributed by atoms with Crippen molar-refractivity contribution in [2.45, 2.75) is 26.4 Å². The molecule has 0 radical (unpaired) electrons. The molecule has 0 spiro atoms. The number of aryl methyl sites for hydroxylation is 1. The number of anilines is 1. The lowest BCUT2D eigenvalue weighted by molar-refractivity contribution is -0.136. The van der Waals surface area contributed by atoms with Gasteiger partial charge in [0.25, 0.3) is 5.91 Å². The van der Waals surface area contributed by atoms with Gasteiger partial charge in [-0.1, -0.05) is 42.5 Å². The van der Waals surface area contributed by atoms with Crippen LogP contribution >= 0.6 is 0 Å². The minimum atomic E-state index is -0.630. The van der Waals surface area contributed by atoms with Gasteiger partial charge >= 0.3 is 6.03 Å². The molecule has 0 aromatic heterocycles. The Bertz CT molecular complexity index is 866. The first-order valence-electron chi connectivity index (χ1n) is 8.88. The van der Waals surface area contributed by atoms with E-state index < -0.39 is 12.1 Å². The molecule has 3 rings (SSSR count). The van der Waals surface area contributed by atoms with Crippen LogP contribution in [-0.4, -0.2) is 47.3 Å². The Kier molecular flexibility index (Phi) is 5.26. The van der Waals surface area contributed by atoms with Crippen LogP contribution in [0, 0.1) is 6.92 Å². The first-order valence-corrected chi connectivity index (χ1v) is 8.88. The highest BCUT2D eigenvalue weighted by atomic mass is 16.2. The van der Waals surface area contributed by atoms with Gasteiger partial charge in [0.05, 0.1) is 0 Å². The van der Waals surface area contributed by atoms with Crippen molar-refractivity contribution in [3.8, 4) is 0 Å². The van der Waals surface area contributed by atoms with Crippen LogP contribution in [0.5, 0.6) is 0 Å². The monoisotopic (exact) mass is 365 g/mol. The maximum absolute atomic E-state index is 12.8. The molecule has 1 aliphatic rings. The summed E-state index contributed by atoms with van der Waals surface area (Å²) >= 11 is 0. The Balaban J connectivity index is 1.71. The first kappa shape index (κ1) is 18.6. The molecule has 27 heavy (non-hydrogen) atoms. The number of urea groups is 1. The number of para-hydroxylation sites is 1. The lowest BCUT2D eigenvalue weighted by Crippen LogP contribution is -2.42. The van der Waals surface area contributed by atoms with Gasteiger partial charge in [0, 0.05) is 19.3 Å². The number of hydrogen-bond donors (Lipinski definition) is 0. The van der Waals surface area contributed by atoms with Crippen LogP contribution in [0.25, 0.3) is 0 Å². The highest BCUT2D eigenvalue weighted by Gasteiger charge is 2.44. The summed E-state index contributed by atoms with van der Waals surface area (Å²) in [6.45, 7) is 3.84. The van der Waals surface area contributed by atoms with E-state index in [4.69, 9.17) is 0 Å². The minimum Gasteiger partial charge on any atom is -0.340 e. The van der Waals surface area contributed by atoms with Gasteiger partial charge in [-0.05, 0) is 37.1 Å². The van der Waals surface area contributed by atoms with E-state index in [1.807, 2.05) is 49.4 Å². The zero-order valence-electron chi connectivity index (χ0n) is 15.8. The minimum absolute atomic E-state index is 0.256. The van der Waals surface area contributed by atoms with Gasteiger partial charge in [0.1, 0.15) is 12.6 Å². The van der Waals surface area contributed by atoms with Crippen molar-refractivity contribution in [1.82, 2.24) is 9.80 Å². The van der Waals surface area contributed by atoms with Gasteiger partial charge in [-0.15, -0.1) is 0 Å². The summed E-state index contributed by atoms with van der Waals surface area (Å²) in [5, 5.41) is 0. The number of carbonyl (C=O) groups excluding carboxylic acids is 3. The number of imide groups is 1. The Morgan fingerprint density at radius 3 is 2.33 bits per heavy atom. The number of amides is 4. The number of nitrogens with zero attached hydrogens (tertiary/aromatic N) is 3. The molecule has 2 aromatic carbocycles. The lowest BCUT2D eigenvalue weighted by atomic mass is 10.1. The molecule has 0 aliphatic carbocycles. The summed E-state index contributed by atoms with van der Waals surface area (Å²) in [6, 6.07) is 15.7. The summed E-state index contributed by atoms with van der Waals surface area (Å²) in [5.41, 5.74) is 2.77. The smallest absolute Gasteiger partial charge is 0.332 e. The fourth-order valence-electron chi connectivity index (χ4n) is 3.18. The van der Waals surface area contributed by atoms with Crippen LogP contribution in [0.15, 0.2) is 54.6 Å². The van der Waals surface area contributed by atoms with E-state index in [0.717, 1.165) is 16.0 Å². The summed E-state index contributed by atoms with van der Waals surface area (Å²) in [4.78, 5) is 41.9. The van der Waals surface area contributed by atoms with Crippen molar-refractivity contribution in [3.63, 3.8) is 0 Å². The fourth-order valence-corrected chi connectivity index (χ4v) is 3.18. The average Bonchev–Trinajstić information content (AvgIpc) is 2.87. The van der Waals surface area contributed by atoms with Crippen LogP contribution in [0.1, 0.15) is 18.1 Å². The van der Waals surface area contributed by atoms with Crippen LogP contribution in [0.4, 0.5) is 10.5 Å². The van der Waals surface area contributed by atoms with Gasteiger partial charge in [0.15, 0.2) is 0 Å². The van der Waals surface area contributed by atoms with Crippen molar-refractivity contribution in [3.05, 3.63) is 65.7 Å². The fraction of sp³-hybridized carbons (Fsp3) is 0.286. The second kappa shape index (κ2) is 7.61. The van der Waals surface area contributed by atoms with Crippen molar-refractivity contribution < 1.29 is 14.4 Å². The van der Waals surface area contributed by atoms with E-state index >= 15 is 0 Å². The van der Waals surface area contributed by atoms with Gasteiger partial charge in [-0.2, -0.15) is 0 Å². The van der Waals surface area contributed by atoms with Gasteiger partial charge < -0.3 is 4.90 Å². The van der Waals surface area contributed by atoms with Crippen molar-refractivity contribution >= 4 is 23.5 Å². The maximum atomic E-state index is 12.8. The lowest BCUT2D eigenvalue weighted by Gasteiger charge is -2.22. The number of hydrogen-bond acceptors (Lipinski definition) is 3. The molecule has 140 valence electrons. The maximum Gasteiger partial charge on any atom is 0.332 e. The van der Waals surface area contributed by atoms with Gasteiger partial charge in [-0.25, -0.2) is 4.79 Å². The zero-order chi connectivity index (χ0) is 19.6. The normalized spacial score (nSPS) is 16.8. The number of rotatable bonds is 5. The molecule has 1 atom stereocenters. The van der Waals surface area contributed by atoms with E-state index in [1.54, 1.807) is 31.0 Å². The van der Waals surface area contributed by atoms with Crippen molar-refractivity contribution in [1.29, 1.82) is 0 Å². The average molecular weight is 365 g/mol. The SMILES string of the molecule is Cc1ccccc1CN(C)C(=O)CN1C(=O)[C@@H](C)N(c2ccccc2)C1=O. The molecule has 0 unspecified atom stereocenters. The Labute approximate surface area is 159 Å². The van der Waals surface area contributed by atoms with Crippen molar-refractivity contribution in [2.24, 2.45) is 0 Å². The highest BCUT2D eigenvalue weighted by Crippen LogP contribution is 2.25. The molecule has 0 saturated carbocycles. The molecular formula is C21H23N3O3.